The first-order valence-electron chi connectivity index (χ1n) is 8.53. The number of carboxylic acid groups (broad SMARTS) is 1. The summed E-state index contributed by atoms with van der Waals surface area (Å²) < 4.78 is 15.1. The summed E-state index contributed by atoms with van der Waals surface area (Å²) in [6.45, 7) is -0.418. The number of nitrogens with zero attached hydrogens (tertiary/aromatic N) is 2. The Morgan fingerprint density at radius 2 is 2.00 bits per heavy atom. The molecule has 1 unspecified atom stereocenters. The van der Waals surface area contributed by atoms with Gasteiger partial charge in [0.05, 0.1) is 18.8 Å². The molecule has 1 aromatic heterocycles. The fourth-order valence-electron chi connectivity index (χ4n) is 3.25. The summed E-state index contributed by atoms with van der Waals surface area (Å²) in [7, 11) is 0. The number of aliphatic hydroxyl groups excluding tert-OH is 1. The van der Waals surface area contributed by atoms with E-state index in [4.69, 9.17) is 10.8 Å². The molecule has 4 N–H and O–H groups in total. The lowest BCUT2D eigenvalue weighted by Gasteiger charge is -2.24. The van der Waals surface area contributed by atoms with E-state index < -0.39 is 29.6 Å². The lowest BCUT2D eigenvalue weighted by molar-refractivity contribution is -0.137. The van der Waals surface area contributed by atoms with E-state index in [1.807, 2.05) is 0 Å². The second-order valence-corrected chi connectivity index (χ2v) is 6.44. The molecule has 2 aromatic rings. The topological polar surface area (TPSA) is 134 Å². The molecule has 0 saturated heterocycles. The summed E-state index contributed by atoms with van der Waals surface area (Å²) in [5, 5.41) is 18.1. The highest BCUT2D eigenvalue weighted by atomic mass is 19.1. The van der Waals surface area contributed by atoms with Gasteiger partial charge in [0.25, 0.3) is 5.91 Å². The van der Waals surface area contributed by atoms with Crippen molar-refractivity contribution in [2.24, 2.45) is 5.73 Å². The predicted molar refractivity (Wildman–Crippen MR) is 95.3 cm³/mol. The second-order valence-electron chi connectivity index (χ2n) is 6.44. The maximum absolute atomic E-state index is 15.1. The molecular formula is C19H18FN3O5. The quantitative estimate of drug-likeness (QED) is 0.650. The zero-order valence-corrected chi connectivity index (χ0v) is 14.8. The zero-order valence-electron chi connectivity index (χ0n) is 14.8. The van der Waals surface area contributed by atoms with Gasteiger partial charge in [-0.05, 0) is 36.2 Å². The van der Waals surface area contributed by atoms with E-state index in [-0.39, 0.29) is 42.7 Å². The molecule has 1 aromatic carbocycles. The average Bonchev–Trinajstić information content (AvgIpc) is 2.99. The van der Waals surface area contributed by atoms with Crippen LogP contribution in [-0.2, 0) is 22.7 Å². The molecule has 2 amide bonds. The Balaban J connectivity index is 1.95. The Morgan fingerprint density at radius 1 is 1.29 bits per heavy atom. The van der Waals surface area contributed by atoms with E-state index in [1.54, 1.807) is 12.1 Å². The molecule has 0 spiro atoms. The lowest BCUT2D eigenvalue weighted by atomic mass is 10.0. The Morgan fingerprint density at radius 3 is 2.64 bits per heavy atom. The minimum atomic E-state index is -1.14. The number of hydrogen-bond acceptors (Lipinski definition) is 5. The van der Waals surface area contributed by atoms with Crippen LogP contribution in [0.3, 0.4) is 0 Å². The maximum atomic E-state index is 15.1. The molecule has 9 heteroatoms. The van der Waals surface area contributed by atoms with Crippen LogP contribution in [0.5, 0.6) is 0 Å². The highest BCUT2D eigenvalue weighted by Gasteiger charge is 2.37. The van der Waals surface area contributed by atoms with E-state index in [9.17, 15) is 19.5 Å². The molecule has 8 nitrogen and oxygen atoms in total. The number of rotatable bonds is 7. The molecule has 28 heavy (non-hydrogen) atoms. The molecule has 0 saturated carbocycles. The molecule has 1 aliphatic rings. The number of amides is 2. The molecule has 3 rings (SSSR count). The third-order valence-electron chi connectivity index (χ3n) is 4.68. The van der Waals surface area contributed by atoms with Crippen molar-refractivity contribution in [3.05, 3.63) is 53.0 Å². The Bertz CT molecular complexity index is 963. The van der Waals surface area contributed by atoms with Crippen LogP contribution in [0.2, 0.25) is 0 Å². The van der Waals surface area contributed by atoms with Gasteiger partial charge in [0.15, 0.2) is 0 Å². The normalized spacial score (nSPS) is 14.1. The first-order chi connectivity index (χ1) is 13.3. The molecule has 0 bridgehead atoms. The number of carbonyl (C=O) groups is 3. The lowest BCUT2D eigenvalue weighted by Crippen LogP contribution is -2.45. The number of hydrogen-bond donors (Lipinski definition) is 3. The van der Waals surface area contributed by atoms with Gasteiger partial charge in [0, 0.05) is 29.3 Å². The molecule has 0 fully saturated rings. The Kier molecular flexibility index (Phi) is 5.36. The summed E-state index contributed by atoms with van der Waals surface area (Å²) in [5.41, 5.74) is 6.55. The molecule has 146 valence electrons. The van der Waals surface area contributed by atoms with Crippen LogP contribution in [0.25, 0.3) is 11.3 Å². The van der Waals surface area contributed by atoms with Crippen LogP contribution in [-0.4, -0.2) is 43.9 Å². The van der Waals surface area contributed by atoms with E-state index in [2.05, 4.69) is 4.98 Å². The standard InChI is InChI=1S/C19H18FN3O5/c20-17-12(14-7-10(9-24)5-6-22-14)2-1-11-13(17)8-23(19(11)28)15(18(21)27)3-4-16(25)26/h1-2,5-7,15,24H,3-4,8-9H2,(H2,21,27)(H,25,26). The summed E-state index contributed by atoms with van der Waals surface area (Å²) in [6.07, 6.45) is 0.943. The minimum absolute atomic E-state index is 0.0975. The number of benzene rings is 1. The van der Waals surface area contributed by atoms with Crippen molar-refractivity contribution in [2.75, 3.05) is 0 Å². The van der Waals surface area contributed by atoms with Crippen LogP contribution in [0, 0.1) is 5.82 Å². The van der Waals surface area contributed by atoms with Crippen molar-refractivity contribution >= 4 is 17.8 Å². The molecule has 0 radical (unpaired) electrons. The van der Waals surface area contributed by atoms with E-state index >= 15 is 4.39 Å². The maximum Gasteiger partial charge on any atom is 0.303 e. The minimum Gasteiger partial charge on any atom is -0.481 e. The summed E-state index contributed by atoms with van der Waals surface area (Å²) in [5.74, 6) is -3.21. The Hall–Kier alpha value is -3.33. The Labute approximate surface area is 159 Å². The van der Waals surface area contributed by atoms with Gasteiger partial charge in [0.2, 0.25) is 5.91 Å². The largest absolute Gasteiger partial charge is 0.481 e. The van der Waals surface area contributed by atoms with Crippen LogP contribution in [0.4, 0.5) is 4.39 Å². The van der Waals surface area contributed by atoms with Crippen molar-refractivity contribution < 1.29 is 29.0 Å². The number of carbonyl (C=O) groups excluding carboxylic acids is 2. The predicted octanol–water partition coefficient (Wildman–Crippen LogP) is 1.05. The monoisotopic (exact) mass is 387 g/mol. The van der Waals surface area contributed by atoms with Gasteiger partial charge in [-0.25, -0.2) is 4.39 Å². The second kappa shape index (κ2) is 7.73. The number of aromatic nitrogens is 1. The number of aliphatic carboxylic acids is 1. The van der Waals surface area contributed by atoms with Gasteiger partial charge in [-0.1, -0.05) is 0 Å². The smallest absolute Gasteiger partial charge is 0.303 e. The van der Waals surface area contributed by atoms with Crippen molar-refractivity contribution in [3.8, 4) is 11.3 Å². The number of halogens is 1. The van der Waals surface area contributed by atoms with Gasteiger partial charge in [-0.2, -0.15) is 0 Å². The number of aliphatic hydroxyl groups is 1. The molecule has 1 atom stereocenters. The summed E-state index contributed by atoms with van der Waals surface area (Å²) in [6, 6.07) is 4.85. The first kappa shape index (κ1) is 19.4. The highest BCUT2D eigenvalue weighted by molar-refractivity contribution is 6.01. The van der Waals surface area contributed by atoms with E-state index in [0.717, 1.165) is 4.90 Å². The number of pyridine rings is 1. The molecular weight excluding hydrogens is 369 g/mol. The van der Waals surface area contributed by atoms with Crippen LogP contribution in [0.1, 0.15) is 34.3 Å². The van der Waals surface area contributed by atoms with Gasteiger partial charge in [0.1, 0.15) is 11.9 Å². The van der Waals surface area contributed by atoms with Crippen LogP contribution < -0.4 is 5.73 Å². The van der Waals surface area contributed by atoms with Gasteiger partial charge in [-0.3, -0.25) is 19.4 Å². The van der Waals surface area contributed by atoms with Gasteiger partial charge >= 0.3 is 5.97 Å². The number of nitrogens with two attached hydrogens (primary N) is 1. The van der Waals surface area contributed by atoms with Crippen molar-refractivity contribution in [3.63, 3.8) is 0 Å². The number of carboxylic acids is 1. The van der Waals surface area contributed by atoms with E-state index in [1.165, 1.54) is 18.3 Å². The zero-order chi connectivity index (χ0) is 20.4. The average molecular weight is 387 g/mol. The SMILES string of the molecule is NC(=O)C(CCC(=O)O)N1Cc2c(ccc(-c3cc(CO)ccn3)c2F)C1=O. The molecule has 2 heterocycles. The molecule has 1 aliphatic heterocycles. The fourth-order valence-corrected chi connectivity index (χ4v) is 3.25. The van der Waals surface area contributed by atoms with Crippen molar-refractivity contribution in [1.82, 2.24) is 9.88 Å². The van der Waals surface area contributed by atoms with Crippen LogP contribution >= 0.6 is 0 Å². The van der Waals surface area contributed by atoms with Crippen molar-refractivity contribution in [1.29, 1.82) is 0 Å². The third kappa shape index (κ3) is 3.56. The summed E-state index contributed by atoms with van der Waals surface area (Å²) >= 11 is 0. The summed E-state index contributed by atoms with van der Waals surface area (Å²) in [4.78, 5) is 40.4. The van der Waals surface area contributed by atoms with Crippen LogP contribution in [0.15, 0.2) is 30.5 Å². The van der Waals surface area contributed by atoms with E-state index in [0.29, 0.717) is 11.3 Å². The fraction of sp³-hybridized carbons (Fsp3) is 0.263. The van der Waals surface area contributed by atoms with Gasteiger partial charge in [-0.15, -0.1) is 0 Å². The number of primary amides is 1. The number of fused-ring (bicyclic) bond motifs is 1. The van der Waals surface area contributed by atoms with Crippen molar-refractivity contribution in [2.45, 2.75) is 32.0 Å². The molecule has 0 aliphatic carbocycles. The van der Waals surface area contributed by atoms with Gasteiger partial charge < -0.3 is 20.8 Å². The first-order valence-corrected chi connectivity index (χ1v) is 8.53. The highest BCUT2D eigenvalue weighted by Crippen LogP contribution is 2.33. The third-order valence-corrected chi connectivity index (χ3v) is 4.68.